The lowest BCUT2D eigenvalue weighted by atomic mass is 9.97. The Labute approximate surface area is 171 Å². The summed E-state index contributed by atoms with van der Waals surface area (Å²) in [5.41, 5.74) is 1.65. The fourth-order valence-electron chi connectivity index (χ4n) is 4.21. The van der Waals surface area contributed by atoms with Gasteiger partial charge < -0.3 is 20.0 Å². The van der Waals surface area contributed by atoms with Crippen molar-refractivity contribution in [2.24, 2.45) is 5.92 Å². The van der Waals surface area contributed by atoms with Crippen LogP contribution in [0.25, 0.3) is 11.0 Å². The van der Waals surface area contributed by atoms with Crippen molar-refractivity contribution in [3.63, 3.8) is 0 Å². The first-order chi connectivity index (χ1) is 13.1. The van der Waals surface area contributed by atoms with Crippen molar-refractivity contribution in [2.75, 3.05) is 26.2 Å². The van der Waals surface area contributed by atoms with Gasteiger partial charge in [-0.05, 0) is 51.1 Å². The van der Waals surface area contributed by atoms with Gasteiger partial charge in [0.2, 0.25) is 5.91 Å². The third-order valence-electron chi connectivity index (χ3n) is 5.79. The number of benzene rings is 1. The van der Waals surface area contributed by atoms with Gasteiger partial charge in [0, 0.05) is 30.6 Å². The molecule has 2 N–H and O–H groups in total. The normalized spacial score (nSPS) is 22.1. The van der Waals surface area contributed by atoms with Gasteiger partial charge in [-0.2, -0.15) is 0 Å². The van der Waals surface area contributed by atoms with E-state index in [1.807, 2.05) is 36.1 Å². The second-order valence-corrected chi connectivity index (χ2v) is 7.71. The average molecular weight is 406 g/mol. The van der Waals surface area contributed by atoms with E-state index < -0.39 is 0 Å². The quantitative estimate of drug-likeness (QED) is 0.820. The summed E-state index contributed by atoms with van der Waals surface area (Å²) >= 11 is 0. The molecule has 6 nitrogen and oxygen atoms in total. The highest BCUT2D eigenvalue weighted by Crippen LogP contribution is 2.27. The standard InChI is InChI=1S/C21H27N3O3.ClH/c1-14-16-7-2-3-9-18(16)27-19(14)21(26)24-11-5-6-15(13-24)12-23-20(25)17-8-4-10-22-17;/h2-3,7,9,15,17,22H,4-6,8,10-13H2,1H3,(H,23,25);1H. The SMILES string of the molecule is Cc1c(C(=O)N2CCCC(CNC(=O)C3CCCN3)C2)oc2ccccc12.Cl. The van der Waals surface area contributed by atoms with E-state index in [1.54, 1.807) is 0 Å². The number of piperidine rings is 1. The summed E-state index contributed by atoms with van der Waals surface area (Å²) in [6, 6.07) is 7.70. The number of para-hydroxylation sites is 1. The lowest BCUT2D eigenvalue weighted by molar-refractivity contribution is -0.123. The fourth-order valence-corrected chi connectivity index (χ4v) is 4.21. The molecule has 2 saturated heterocycles. The van der Waals surface area contributed by atoms with Crippen molar-refractivity contribution in [3.05, 3.63) is 35.6 Å². The molecule has 0 bridgehead atoms. The van der Waals surface area contributed by atoms with Crippen molar-refractivity contribution in [1.82, 2.24) is 15.5 Å². The van der Waals surface area contributed by atoms with Crippen LogP contribution < -0.4 is 10.6 Å². The van der Waals surface area contributed by atoms with Crippen LogP contribution in [0.3, 0.4) is 0 Å². The monoisotopic (exact) mass is 405 g/mol. The number of nitrogens with one attached hydrogen (secondary N) is 2. The number of aryl methyl sites for hydroxylation is 1. The van der Waals surface area contributed by atoms with Crippen LogP contribution in [0.5, 0.6) is 0 Å². The van der Waals surface area contributed by atoms with Crippen LogP contribution >= 0.6 is 12.4 Å². The Morgan fingerprint density at radius 2 is 2.07 bits per heavy atom. The van der Waals surface area contributed by atoms with Crippen LogP contribution in [0.1, 0.15) is 41.8 Å². The van der Waals surface area contributed by atoms with Crippen LogP contribution in [0.2, 0.25) is 0 Å². The summed E-state index contributed by atoms with van der Waals surface area (Å²) in [5, 5.41) is 7.28. The molecule has 3 heterocycles. The predicted molar refractivity (Wildman–Crippen MR) is 111 cm³/mol. The van der Waals surface area contributed by atoms with E-state index in [0.29, 0.717) is 18.8 Å². The smallest absolute Gasteiger partial charge is 0.289 e. The Hall–Kier alpha value is -2.05. The summed E-state index contributed by atoms with van der Waals surface area (Å²) < 4.78 is 5.85. The van der Waals surface area contributed by atoms with Crippen LogP contribution in [0.4, 0.5) is 0 Å². The minimum absolute atomic E-state index is 0. The van der Waals surface area contributed by atoms with E-state index in [-0.39, 0.29) is 36.2 Å². The zero-order chi connectivity index (χ0) is 18.8. The largest absolute Gasteiger partial charge is 0.451 e. The number of hydrogen-bond acceptors (Lipinski definition) is 4. The average Bonchev–Trinajstić information content (AvgIpc) is 3.35. The van der Waals surface area contributed by atoms with Gasteiger partial charge >= 0.3 is 0 Å². The van der Waals surface area contributed by atoms with Crippen molar-refractivity contribution >= 4 is 35.2 Å². The summed E-state index contributed by atoms with van der Waals surface area (Å²) in [6.07, 6.45) is 3.95. The zero-order valence-corrected chi connectivity index (χ0v) is 17.0. The number of hydrogen-bond donors (Lipinski definition) is 2. The molecule has 7 heteroatoms. The van der Waals surface area contributed by atoms with E-state index in [9.17, 15) is 9.59 Å². The highest BCUT2D eigenvalue weighted by molar-refractivity contribution is 5.99. The van der Waals surface area contributed by atoms with E-state index >= 15 is 0 Å². The minimum atomic E-state index is -0.0514. The van der Waals surface area contributed by atoms with Gasteiger partial charge in [0.05, 0.1) is 6.04 Å². The molecule has 2 aliphatic heterocycles. The molecule has 4 rings (SSSR count). The first kappa shape index (κ1) is 20.7. The molecular formula is C21H28ClN3O3. The maximum atomic E-state index is 13.0. The summed E-state index contributed by atoms with van der Waals surface area (Å²) in [5.74, 6) is 0.773. The molecule has 2 fully saturated rings. The van der Waals surface area contributed by atoms with E-state index in [1.165, 1.54) is 0 Å². The van der Waals surface area contributed by atoms with Crippen LogP contribution in [0, 0.1) is 12.8 Å². The molecule has 1 aromatic carbocycles. The Kier molecular flexibility index (Phi) is 6.62. The maximum Gasteiger partial charge on any atom is 0.289 e. The Bertz CT molecular complexity index is 845. The molecule has 2 aliphatic rings. The number of nitrogens with zero attached hydrogens (tertiary/aromatic N) is 1. The first-order valence-corrected chi connectivity index (χ1v) is 9.92. The predicted octanol–water partition coefficient (Wildman–Crippen LogP) is 2.88. The number of likely N-dealkylation sites (tertiary alicyclic amines) is 1. The molecule has 1 aromatic heterocycles. The summed E-state index contributed by atoms with van der Waals surface area (Å²) in [7, 11) is 0. The first-order valence-electron chi connectivity index (χ1n) is 9.92. The van der Waals surface area contributed by atoms with Crippen LogP contribution in [-0.2, 0) is 4.79 Å². The fraction of sp³-hybridized carbons (Fsp3) is 0.524. The van der Waals surface area contributed by atoms with Crippen LogP contribution in [-0.4, -0.2) is 48.9 Å². The second kappa shape index (κ2) is 8.97. The molecular weight excluding hydrogens is 378 g/mol. The summed E-state index contributed by atoms with van der Waals surface area (Å²) in [6.45, 7) is 4.88. The molecule has 2 atom stereocenters. The molecule has 0 saturated carbocycles. The van der Waals surface area contributed by atoms with Gasteiger partial charge in [0.25, 0.3) is 5.91 Å². The Morgan fingerprint density at radius 1 is 1.25 bits per heavy atom. The lowest BCUT2D eigenvalue weighted by Gasteiger charge is -2.32. The van der Waals surface area contributed by atoms with Crippen molar-refractivity contribution in [3.8, 4) is 0 Å². The topological polar surface area (TPSA) is 74.6 Å². The number of furan rings is 1. The van der Waals surface area contributed by atoms with Crippen molar-refractivity contribution in [2.45, 2.75) is 38.6 Å². The molecule has 0 aliphatic carbocycles. The molecule has 2 aromatic rings. The number of carbonyl (C=O) groups is 2. The third-order valence-corrected chi connectivity index (χ3v) is 5.79. The number of halogens is 1. The van der Waals surface area contributed by atoms with Gasteiger partial charge in [0.15, 0.2) is 5.76 Å². The van der Waals surface area contributed by atoms with Crippen LogP contribution in [0.15, 0.2) is 28.7 Å². The number of fused-ring (bicyclic) bond motifs is 1. The summed E-state index contributed by atoms with van der Waals surface area (Å²) in [4.78, 5) is 27.1. The Balaban J connectivity index is 0.00000225. The molecule has 2 amide bonds. The van der Waals surface area contributed by atoms with Gasteiger partial charge in [-0.15, -0.1) is 12.4 Å². The van der Waals surface area contributed by atoms with Crippen molar-refractivity contribution in [1.29, 1.82) is 0 Å². The van der Waals surface area contributed by atoms with Gasteiger partial charge in [-0.1, -0.05) is 18.2 Å². The van der Waals surface area contributed by atoms with Crippen molar-refractivity contribution < 1.29 is 14.0 Å². The minimum Gasteiger partial charge on any atom is -0.451 e. The van der Waals surface area contributed by atoms with Gasteiger partial charge in [0.1, 0.15) is 5.58 Å². The van der Waals surface area contributed by atoms with Gasteiger partial charge in [-0.3, -0.25) is 9.59 Å². The lowest BCUT2D eigenvalue weighted by Crippen LogP contribution is -2.46. The van der Waals surface area contributed by atoms with E-state index in [2.05, 4.69) is 10.6 Å². The molecule has 28 heavy (non-hydrogen) atoms. The number of amides is 2. The molecule has 152 valence electrons. The third kappa shape index (κ3) is 4.18. The molecule has 0 radical (unpaired) electrons. The second-order valence-electron chi connectivity index (χ2n) is 7.71. The van der Waals surface area contributed by atoms with E-state index in [4.69, 9.17) is 4.42 Å². The Morgan fingerprint density at radius 3 is 2.82 bits per heavy atom. The highest BCUT2D eigenvalue weighted by Gasteiger charge is 2.29. The highest BCUT2D eigenvalue weighted by atomic mass is 35.5. The number of rotatable bonds is 4. The zero-order valence-electron chi connectivity index (χ0n) is 16.2. The van der Waals surface area contributed by atoms with E-state index in [0.717, 1.165) is 55.3 Å². The molecule has 2 unspecified atom stereocenters. The maximum absolute atomic E-state index is 13.0. The van der Waals surface area contributed by atoms with Gasteiger partial charge in [-0.25, -0.2) is 0 Å². The number of carbonyl (C=O) groups excluding carboxylic acids is 2. The molecule has 0 spiro atoms.